The first-order valence-corrected chi connectivity index (χ1v) is 7.06. The molecule has 0 saturated carbocycles. The summed E-state index contributed by atoms with van der Waals surface area (Å²) in [4.78, 5) is 12.4. The van der Waals surface area contributed by atoms with E-state index in [1.165, 1.54) is 30.3 Å². The van der Waals surface area contributed by atoms with E-state index in [1.807, 2.05) is 36.4 Å². The third-order valence-corrected chi connectivity index (χ3v) is 3.78. The van der Waals surface area contributed by atoms with Crippen LogP contribution in [0.25, 0.3) is 5.57 Å². The molecule has 0 bridgehead atoms. The second kappa shape index (κ2) is 5.70. The molecule has 0 spiro atoms. The first kappa shape index (κ1) is 14.4. The van der Waals surface area contributed by atoms with Crippen molar-refractivity contribution in [3.63, 3.8) is 0 Å². The first-order chi connectivity index (χ1) is 10.6. The Balaban J connectivity index is 1.82. The van der Waals surface area contributed by atoms with Gasteiger partial charge in [-0.2, -0.15) is 0 Å². The molecule has 2 aromatic carbocycles. The molecular weight excluding hydrogens is 279 g/mol. The summed E-state index contributed by atoms with van der Waals surface area (Å²) in [6.45, 7) is 0. The zero-order valence-corrected chi connectivity index (χ0v) is 11.9. The minimum atomic E-state index is -1.57. The van der Waals surface area contributed by atoms with Crippen molar-refractivity contribution in [2.45, 2.75) is 12.0 Å². The summed E-state index contributed by atoms with van der Waals surface area (Å²) < 4.78 is 12.9. The first-order valence-electron chi connectivity index (χ1n) is 7.06. The number of halogens is 1. The van der Waals surface area contributed by atoms with Crippen molar-refractivity contribution in [3.8, 4) is 0 Å². The average molecular weight is 294 g/mol. The SMILES string of the molecule is O=C(c1ccc(F)cc1)C1(O)C=CC(c2ccccc2)=CC1. The molecule has 1 atom stereocenters. The number of carbonyl (C=O) groups is 1. The van der Waals surface area contributed by atoms with Gasteiger partial charge in [0.2, 0.25) is 0 Å². The fraction of sp³-hybridized carbons (Fsp3) is 0.105. The van der Waals surface area contributed by atoms with E-state index in [0.29, 0.717) is 5.56 Å². The van der Waals surface area contributed by atoms with Crippen molar-refractivity contribution in [3.05, 3.63) is 89.8 Å². The number of hydrogen-bond donors (Lipinski definition) is 1. The van der Waals surface area contributed by atoms with Crippen LogP contribution in [0.1, 0.15) is 22.3 Å². The summed E-state index contributed by atoms with van der Waals surface area (Å²) in [6.07, 6.45) is 5.31. The molecule has 0 saturated heterocycles. The van der Waals surface area contributed by atoms with E-state index in [4.69, 9.17) is 0 Å². The predicted molar refractivity (Wildman–Crippen MR) is 83.9 cm³/mol. The zero-order chi connectivity index (χ0) is 15.6. The highest BCUT2D eigenvalue weighted by molar-refractivity contribution is 6.04. The van der Waals surface area contributed by atoms with Gasteiger partial charge in [-0.05, 0) is 41.5 Å². The summed E-state index contributed by atoms with van der Waals surface area (Å²) in [6, 6.07) is 15.0. The highest BCUT2D eigenvalue weighted by Gasteiger charge is 2.34. The van der Waals surface area contributed by atoms with Gasteiger partial charge in [0.25, 0.3) is 0 Å². The van der Waals surface area contributed by atoms with Crippen molar-refractivity contribution in [1.29, 1.82) is 0 Å². The Morgan fingerprint density at radius 1 is 1.05 bits per heavy atom. The van der Waals surface area contributed by atoms with Gasteiger partial charge in [-0.1, -0.05) is 42.5 Å². The highest BCUT2D eigenvalue weighted by Crippen LogP contribution is 2.29. The fourth-order valence-electron chi connectivity index (χ4n) is 2.49. The second-order valence-corrected chi connectivity index (χ2v) is 5.32. The molecule has 3 rings (SSSR count). The Kier molecular flexibility index (Phi) is 3.73. The van der Waals surface area contributed by atoms with Crippen LogP contribution in [-0.4, -0.2) is 16.5 Å². The van der Waals surface area contributed by atoms with Crippen LogP contribution in [-0.2, 0) is 0 Å². The molecule has 1 aliphatic carbocycles. The van der Waals surface area contributed by atoms with Crippen LogP contribution in [0.4, 0.5) is 4.39 Å². The largest absolute Gasteiger partial charge is 0.377 e. The molecule has 0 radical (unpaired) electrons. The highest BCUT2D eigenvalue weighted by atomic mass is 19.1. The number of carbonyl (C=O) groups excluding carboxylic acids is 1. The number of ketones is 1. The maximum Gasteiger partial charge on any atom is 0.198 e. The topological polar surface area (TPSA) is 37.3 Å². The number of benzene rings is 2. The van der Waals surface area contributed by atoms with E-state index in [1.54, 1.807) is 6.08 Å². The summed E-state index contributed by atoms with van der Waals surface area (Å²) in [7, 11) is 0. The monoisotopic (exact) mass is 294 g/mol. The Bertz CT molecular complexity index is 745. The molecular formula is C19H15FO2. The smallest absolute Gasteiger partial charge is 0.198 e. The van der Waals surface area contributed by atoms with Gasteiger partial charge in [0.1, 0.15) is 11.4 Å². The molecule has 0 aromatic heterocycles. The van der Waals surface area contributed by atoms with Crippen LogP contribution in [0.5, 0.6) is 0 Å². The standard InChI is InChI=1S/C19H15FO2/c20-17-8-6-16(7-9-17)18(21)19(22)12-10-15(11-13-19)14-4-2-1-3-5-14/h1-12,22H,13H2. The third kappa shape index (κ3) is 2.76. The van der Waals surface area contributed by atoms with Gasteiger partial charge in [0.05, 0.1) is 0 Å². The molecule has 0 fully saturated rings. The normalized spacial score (nSPS) is 20.5. The molecule has 2 aromatic rings. The van der Waals surface area contributed by atoms with Gasteiger partial charge >= 0.3 is 0 Å². The maximum atomic E-state index is 12.9. The minimum absolute atomic E-state index is 0.198. The van der Waals surface area contributed by atoms with Crippen LogP contribution in [0.3, 0.4) is 0 Å². The fourth-order valence-corrected chi connectivity index (χ4v) is 2.49. The van der Waals surface area contributed by atoms with Crippen molar-refractivity contribution in [2.75, 3.05) is 0 Å². The van der Waals surface area contributed by atoms with E-state index < -0.39 is 17.2 Å². The third-order valence-electron chi connectivity index (χ3n) is 3.78. The number of aliphatic hydroxyl groups is 1. The van der Waals surface area contributed by atoms with Crippen LogP contribution in [0, 0.1) is 5.82 Å². The van der Waals surface area contributed by atoms with Gasteiger partial charge in [0, 0.05) is 12.0 Å². The number of allylic oxidation sites excluding steroid dienone is 2. The van der Waals surface area contributed by atoms with E-state index in [-0.39, 0.29) is 6.42 Å². The molecule has 1 N–H and O–H groups in total. The molecule has 1 unspecified atom stereocenters. The summed E-state index contributed by atoms with van der Waals surface area (Å²) in [5, 5.41) is 10.6. The Hall–Kier alpha value is -2.52. The van der Waals surface area contributed by atoms with Gasteiger partial charge in [-0.3, -0.25) is 4.79 Å². The molecule has 3 heteroatoms. The molecule has 1 aliphatic rings. The average Bonchev–Trinajstić information content (AvgIpc) is 2.56. The molecule has 0 heterocycles. The lowest BCUT2D eigenvalue weighted by molar-refractivity contribution is 0.0536. The molecule has 22 heavy (non-hydrogen) atoms. The van der Waals surface area contributed by atoms with Gasteiger partial charge in [-0.25, -0.2) is 4.39 Å². The van der Waals surface area contributed by atoms with E-state index in [2.05, 4.69) is 0 Å². The predicted octanol–water partition coefficient (Wildman–Crippen LogP) is 3.78. The van der Waals surface area contributed by atoms with Crippen LogP contribution < -0.4 is 0 Å². The van der Waals surface area contributed by atoms with Gasteiger partial charge in [-0.15, -0.1) is 0 Å². The van der Waals surface area contributed by atoms with E-state index in [9.17, 15) is 14.3 Å². The Morgan fingerprint density at radius 2 is 1.73 bits per heavy atom. The molecule has 110 valence electrons. The van der Waals surface area contributed by atoms with Crippen LogP contribution >= 0.6 is 0 Å². The second-order valence-electron chi connectivity index (χ2n) is 5.32. The van der Waals surface area contributed by atoms with Crippen LogP contribution in [0.15, 0.2) is 72.8 Å². The number of rotatable bonds is 3. The summed E-state index contributed by atoms with van der Waals surface area (Å²) in [5.41, 5.74) is 0.730. The molecule has 0 aliphatic heterocycles. The quantitative estimate of drug-likeness (QED) is 0.875. The van der Waals surface area contributed by atoms with Gasteiger partial charge < -0.3 is 5.11 Å². The Morgan fingerprint density at radius 3 is 2.32 bits per heavy atom. The number of Topliss-reactive ketones (excluding diaryl/α,β-unsaturated/α-hetero) is 1. The van der Waals surface area contributed by atoms with Crippen molar-refractivity contribution in [2.24, 2.45) is 0 Å². The van der Waals surface area contributed by atoms with E-state index >= 15 is 0 Å². The van der Waals surface area contributed by atoms with Gasteiger partial charge in [0.15, 0.2) is 5.78 Å². The maximum absolute atomic E-state index is 12.9. The lowest BCUT2D eigenvalue weighted by atomic mass is 9.84. The minimum Gasteiger partial charge on any atom is -0.377 e. The molecule has 2 nitrogen and oxygen atoms in total. The molecule has 0 amide bonds. The van der Waals surface area contributed by atoms with Crippen LogP contribution in [0.2, 0.25) is 0 Å². The number of hydrogen-bond acceptors (Lipinski definition) is 2. The Labute approximate surface area is 128 Å². The summed E-state index contributed by atoms with van der Waals surface area (Å²) in [5.74, 6) is -0.832. The van der Waals surface area contributed by atoms with E-state index in [0.717, 1.165) is 11.1 Å². The van der Waals surface area contributed by atoms with Crippen molar-refractivity contribution >= 4 is 11.4 Å². The lowest BCUT2D eigenvalue weighted by Gasteiger charge is -2.25. The van der Waals surface area contributed by atoms with Crippen molar-refractivity contribution in [1.82, 2.24) is 0 Å². The van der Waals surface area contributed by atoms with Crippen molar-refractivity contribution < 1.29 is 14.3 Å². The zero-order valence-electron chi connectivity index (χ0n) is 11.9. The summed E-state index contributed by atoms with van der Waals surface area (Å²) >= 11 is 0. The lowest BCUT2D eigenvalue weighted by Crippen LogP contribution is -2.37.